The smallest absolute Gasteiger partial charge is 0.326 e. The van der Waals surface area contributed by atoms with Gasteiger partial charge in [0.05, 0.1) is 5.92 Å². The minimum absolute atomic E-state index is 0.0935. The van der Waals surface area contributed by atoms with Gasteiger partial charge in [-0.05, 0) is 37.5 Å². The Morgan fingerprint density at radius 3 is 2.31 bits per heavy atom. The lowest BCUT2D eigenvalue weighted by molar-refractivity contribution is -0.152. The second-order valence-corrected chi connectivity index (χ2v) is 7.42. The van der Waals surface area contributed by atoms with Crippen molar-refractivity contribution in [3.05, 3.63) is 71.8 Å². The van der Waals surface area contributed by atoms with Gasteiger partial charge in [-0.1, -0.05) is 48.5 Å². The second kappa shape index (κ2) is 9.37. The van der Waals surface area contributed by atoms with Gasteiger partial charge in [-0.15, -0.1) is 0 Å². The SMILES string of the molecule is CC(C(=O)O)N(Cc1ccccc1)C(=O)C1CCCN(C(=O)c2ccccc2)C1. The molecule has 1 heterocycles. The van der Waals surface area contributed by atoms with Gasteiger partial charge < -0.3 is 14.9 Å². The zero-order chi connectivity index (χ0) is 20.8. The first-order valence-electron chi connectivity index (χ1n) is 9.89. The van der Waals surface area contributed by atoms with Crippen LogP contribution in [0.2, 0.25) is 0 Å². The van der Waals surface area contributed by atoms with Crippen LogP contribution in [0, 0.1) is 5.92 Å². The molecular weight excluding hydrogens is 368 g/mol. The molecule has 0 aromatic heterocycles. The second-order valence-electron chi connectivity index (χ2n) is 7.42. The third-order valence-corrected chi connectivity index (χ3v) is 5.38. The molecule has 0 radical (unpaired) electrons. The molecule has 1 aliphatic heterocycles. The molecule has 1 saturated heterocycles. The van der Waals surface area contributed by atoms with Crippen LogP contribution < -0.4 is 0 Å². The number of benzene rings is 2. The van der Waals surface area contributed by atoms with Crippen molar-refractivity contribution in [2.75, 3.05) is 13.1 Å². The monoisotopic (exact) mass is 394 g/mol. The summed E-state index contributed by atoms with van der Waals surface area (Å²) in [6, 6.07) is 17.4. The van der Waals surface area contributed by atoms with Crippen LogP contribution in [0.1, 0.15) is 35.7 Å². The number of aliphatic carboxylic acids is 1. The molecule has 0 spiro atoms. The topological polar surface area (TPSA) is 77.9 Å². The summed E-state index contributed by atoms with van der Waals surface area (Å²) in [4.78, 5) is 40.8. The van der Waals surface area contributed by atoms with E-state index in [9.17, 15) is 19.5 Å². The van der Waals surface area contributed by atoms with Gasteiger partial charge in [0.2, 0.25) is 5.91 Å². The van der Waals surface area contributed by atoms with Crippen molar-refractivity contribution in [2.24, 2.45) is 5.92 Å². The van der Waals surface area contributed by atoms with Crippen LogP contribution in [0.5, 0.6) is 0 Å². The van der Waals surface area contributed by atoms with E-state index in [1.807, 2.05) is 48.5 Å². The number of piperidine rings is 1. The van der Waals surface area contributed by atoms with Gasteiger partial charge in [0.1, 0.15) is 6.04 Å². The van der Waals surface area contributed by atoms with Gasteiger partial charge in [-0.25, -0.2) is 4.79 Å². The largest absolute Gasteiger partial charge is 0.480 e. The number of carboxylic acids is 1. The van der Waals surface area contributed by atoms with E-state index in [2.05, 4.69) is 0 Å². The molecule has 1 N–H and O–H groups in total. The minimum atomic E-state index is -1.04. The molecule has 1 fully saturated rings. The maximum Gasteiger partial charge on any atom is 0.326 e. The highest BCUT2D eigenvalue weighted by atomic mass is 16.4. The number of amides is 2. The predicted octanol–water partition coefficient (Wildman–Crippen LogP) is 3.04. The molecule has 2 unspecified atom stereocenters. The number of likely N-dealkylation sites (tertiary alicyclic amines) is 1. The summed E-state index contributed by atoms with van der Waals surface area (Å²) in [5.74, 6) is -1.75. The first-order chi connectivity index (χ1) is 14.0. The zero-order valence-corrected chi connectivity index (χ0v) is 16.5. The normalized spacial score (nSPS) is 17.4. The highest BCUT2D eigenvalue weighted by Gasteiger charge is 2.35. The molecule has 0 saturated carbocycles. The average Bonchev–Trinajstić information content (AvgIpc) is 2.77. The molecule has 2 aromatic rings. The Labute approximate surface area is 170 Å². The molecular formula is C23H26N2O4. The lowest BCUT2D eigenvalue weighted by atomic mass is 9.95. The molecule has 0 aliphatic carbocycles. The van der Waals surface area contributed by atoms with Crippen molar-refractivity contribution in [1.29, 1.82) is 0 Å². The van der Waals surface area contributed by atoms with E-state index in [-0.39, 0.29) is 18.4 Å². The third kappa shape index (κ3) is 5.02. The summed E-state index contributed by atoms with van der Waals surface area (Å²) < 4.78 is 0. The van der Waals surface area contributed by atoms with Gasteiger partial charge in [-0.2, -0.15) is 0 Å². The van der Waals surface area contributed by atoms with Crippen LogP contribution in [0.15, 0.2) is 60.7 Å². The standard InChI is InChI=1S/C23H26N2O4/c1-17(23(28)29)25(15-18-9-4-2-5-10-18)22(27)20-13-8-14-24(16-20)21(26)19-11-6-3-7-12-19/h2-7,9-12,17,20H,8,13-16H2,1H3,(H,28,29). The highest BCUT2D eigenvalue weighted by Crippen LogP contribution is 2.23. The fraction of sp³-hybridized carbons (Fsp3) is 0.348. The molecule has 6 heteroatoms. The van der Waals surface area contributed by atoms with E-state index in [0.29, 0.717) is 25.1 Å². The van der Waals surface area contributed by atoms with E-state index >= 15 is 0 Å². The molecule has 2 amide bonds. The van der Waals surface area contributed by atoms with Crippen molar-refractivity contribution in [1.82, 2.24) is 9.80 Å². The summed E-state index contributed by atoms with van der Waals surface area (Å²) in [5, 5.41) is 9.51. The summed E-state index contributed by atoms with van der Waals surface area (Å²) in [5.41, 5.74) is 1.47. The van der Waals surface area contributed by atoms with E-state index in [4.69, 9.17) is 0 Å². The lowest BCUT2D eigenvalue weighted by Gasteiger charge is -2.36. The van der Waals surface area contributed by atoms with Crippen LogP contribution in [-0.2, 0) is 16.1 Å². The molecule has 3 rings (SSSR count). The highest BCUT2D eigenvalue weighted by molar-refractivity contribution is 5.94. The molecule has 2 aromatic carbocycles. The number of carbonyl (C=O) groups excluding carboxylic acids is 2. The van der Waals surface area contributed by atoms with Gasteiger partial charge in [0, 0.05) is 25.2 Å². The fourth-order valence-electron chi connectivity index (χ4n) is 3.68. The number of hydrogen-bond acceptors (Lipinski definition) is 3. The molecule has 2 atom stereocenters. The molecule has 152 valence electrons. The van der Waals surface area contributed by atoms with E-state index in [1.54, 1.807) is 17.0 Å². The summed E-state index contributed by atoms with van der Waals surface area (Å²) in [7, 11) is 0. The predicted molar refractivity (Wildman–Crippen MR) is 109 cm³/mol. The third-order valence-electron chi connectivity index (χ3n) is 5.38. The number of nitrogens with zero attached hydrogens (tertiary/aromatic N) is 2. The van der Waals surface area contributed by atoms with Gasteiger partial charge >= 0.3 is 5.97 Å². The van der Waals surface area contributed by atoms with Crippen LogP contribution in [0.4, 0.5) is 0 Å². The van der Waals surface area contributed by atoms with E-state index < -0.39 is 17.9 Å². The maximum atomic E-state index is 13.3. The van der Waals surface area contributed by atoms with E-state index in [1.165, 1.54) is 11.8 Å². The van der Waals surface area contributed by atoms with Crippen molar-refractivity contribution in [3.8, 4) is 0 Å². The van der Waals surface area contributed by atoms with Crippen molar-refractivity contribution in [3.63, 3.8) is 0 Å². The minimum Gasteiger partial charge on any atom is -0.480 e. The Morgan fingerprint density at radius 1 is 1.07 bits per heavy atom. The van der Waals surface area contributed by atoms with Gasteiger partial charge in [-0.3, -0.25) is 9.59 Å². The Kier molecular flexibility index (Phi) is 6.65. The Morgan fingerprint density at radius 2 is 1.69 bits per heavy atom. The van der Waals surface area contributed by atoms with Crippen molar-refractivity contribution < 1.29 is 19.5 Å². The summed E-state index contributed by atoms with van der Waals surface area (Å²) >= 11 is 0. The zero-order valence-electron chi connectivity index (χ0n) is 16.5. The first kappa shape index (κ1) is 20.6. The maximum absolute atomic E-state index is 13.3. The average molecular weight is 394 g/mol. The van der Waals surface area contributed by atoms with Gasteiger partial charge in [0.25, 0.3) is 5.91 Å². The molecule has 1 aliphatic rings. The van der Waals surface area contributed by atoms with Crippen molar-refractivity contribution >= 4 is 17.8 Å². The summed E-state index contributed by atoms with van der Waals surface area (Å²) in [6.45, 7) is 2.67. The van der Waals surface area contributed by atoms with Gasteiger partial charge in [0.15, 0.2) is 0 Å². The fourth-order valence-corrected chi connectivity index (χ4v) is 3.68. The Bertz CT molecular complexity index is 854. The molecule has 29 heavy (non-hydrogen) atoms. The number of carbonyl (C=O) groups is 3. The molecule has 6 nitrogen and oxygen atoms in total. The Hall–Kier alpha value is -3.15. The quantitative estimate of drug-likeness (QED) is 0.817. The number of carboxylic acid groups (broad SMARTS) is 1. The molecule has 0 bridgehead atoms. The lowest BCUT2D eigenvalue weighted by Crippen LogP contribution is -2.50. The number of rotatable bonds is 6. The van der Waals surface area contributed by atoms with Crippen LogP contribution in [0.3, 0.4) is 0 Å². The van der Waals surface area contributed by atoms with Crippen LogP contribution in [0.25, 0.3) is 0 Å². The first-order valence-corrected chi connectivity index (χ1v) is 9.89. The Balaban J connectivity index is 1.76. The number of hydrogen-bond donors (Lipinski definition) is 1. The van der Waals surface area contributed by atoms with Crippen LogP contribution >= 0.6 is 0 Å². The van der Waals surface area contributed by atoms with E-state index in [0.717, 1.165) is 12.0 Å². The van der Waals surface area contributed by atoms with Crippen LogP contribution in [-0.4, -0.2) is 51.8 Å². The summed E-state index contributed by atoms with van der Waals surface area (Å²) in [6.07, 6.45) is 1.37. The van der Waals surface area contributed by atoms with Crippen molar-refractivity contribution in [2.45, 2.75) is 32.4 Å².